The summed E-state index contributed by atoms with van der Waals surface area (Å²) in [5.41, 5.74) is 2.45. The van der Waals surface area contributed by atoms with Gasteiger partial charge in [-0.05, 0) is 32.3 Å². The number of rotatable bonds is 5. The van der Waals surface area contributed by atoms with Crippen molar-refractivity contribution in [2.75, 3.05) is 7.05 Å². The van der Waals surface area contributed by atoms with Gasteiger partial charge >= 0.3 is 0 Å². The molecule has 1 amide bonds. The van der Waals surface area contributed by atoms with Crippen LogP contribution in [0.25, 0.3) is 5.82 Å². The lowest BCUT2D eigenvalue weighted by molar-refractivity contribution is -0.123. The van der Waals surface area contributed by atoms with Gasteiger partial charge in [-0.25, -0.2) is 9.98 Å². The van der Waals surface area contributed by atoms with Gasteiger partial charge in [0.1, 0.15) is 17.9 Å². The molecule has 0 bridgehead atoms. The molecule has 1 saturated carbocycles. The van der Waals surface area contributed by atoms with Crippen molar-refractivity contribution in [2.45, 2.75) is 58.4 Å². The minimum Gasteiger partial charge on any atom is -0.380 e. The van der Waals surface area contributed by atoms with Gasteiger partial charge < -0.3 is 10.2 Å². The lowest BCUT2D eigenvalue weighted by Gasteiger charge is -2.31. The van der Waals surface area contributed by atoms with E-state index in [0.29, 0.717) is 6.04 Å². The van der Waals surface area contributed by atoms with Crippen LogP contribution in [0.3, 0.4) is 0 Å². The molecule has 0 atom stereocenters. The Morgan fingerprint density at radius 3 is 2.78 bits per heavy atom. The molecule has 2 heterocycles. The first kappa shape index (κ1) is 19.1. The van der Waals surface area contributed by atoms with Crippen LogP contribution < -0.4 is 5.32 Å². The van der Waals surface area contributed by atoms with Crippen LogP contribution in [-0.2, 0) is 4.79 Å². The molecule has 2 aliphatic rings. The van der Waals surface area contributed by atoms with Crippen LogP contribution in [0.1, 0.15) is 52.4 Å². The first-order chi connectivity index (χ1) is 13.1. The molecule has 1 aliphatic carbocycles. The van der Waals surface area contributed by atoms with E-state index in [1.54, 1.807) is 30.5 Å². The first-order valence-corrected chi connectivity index (χ1v) is 9.84. The van der Waals surface area contributed by atoms with Gasteiger partial charge in [0.2, 0.25) is 0 Å². The first-order valence-electron chi connectivity index (χ1n) is 9.84. The Morgan fingerprint density at radius 1 is 1.37 bits per heavy atom. The smallest absolute Gasteiger partial charge is 0.252 e. The molecule has 1 fully saturated rings. The molecule has 0 aromatic carbocycles. The lowest BCUT2D eigenvalue weighted by atomic mass is 9.94. The van der Waals surface area contributed by atoms with Crippen molar-refractivity contribution in [3.63, 3.8) is 0 Å². The number of allylic oxidation sites excluding steroid dienone is 2. The number of nitrogens with one attached hydrogen (secondary N) is 1. The molecule has 6 heteroatoms. The van der Waals surface area contributed by atoms with Crippen LogP contribution in [0, 0.1) is 0 Å². The van der Waals surface area contributed by atoms with Gasteiger partial charge in [0.05, 0.1) is 11.4 Å². The third-order valence-electron chi connectivity index (χ3n) is 5.08. The van der Waals surface area contributed by atoms with E-state index in [0.717, 1.165) is 42.2 Å². The molecule has 0 radical (unpaired) electrons. The zero-order valence-corrected chi connectivity index (χ0v) is 16.5. The molecule has 6 nitrogen and oxygen atoms in total. The molecule has 1 N–H and O–H groups in total. The van der Waals surface area contributed by atoms with E-state index in [2.05, 4.69) is 23.3 Å². The standard InChI is InChI=1S/C21H29N5O/c1-4-9-19(26-13-12-22-15-26)24-21-17(23-16-10-7-6-8-11-16)14-20(27)25(3)18(21)5-2/h5,9,12-16,23H,4,6-8,10-11H2,1-3H3/b18-5+,19-9-,24-21-. The van der Waals surface area contributed by atoms with Crippen molar-refractivity contribution < 1.29 is 4.79 Å². The van der Waals surface area contributed by atoms with Crippen LogP contribution in [0.5, 0.6) is 0 Å². The maximum Gasteiger partial charge on any atom is 0.252 e. The molecule has 0 saturated heterocycles. The van der Waals surface area contributed by atoms with Crippen LogP contribution in [0.15, 0.2) is 53.3 Å². The van der Waals surface area contributed by atoms with Gasteiger partial charge in [0.25, 0.3) is 5.91 Å². The Hall–Kier alpha value is -2.63. The van der Waals surface area contributed by atoms with Crippen molar-refractivity contribution in [3.8, 4) is 0 Å². The van der Waals surface area contributed by atoms with Gasteiger partial charge in [-0.2, -0.15) is 0 Å². The molecule has 1 aliphatic heterocycles. The molecule has 144 valence electrons. The molecular formula is C21H29N5O. The number of carbonyl (C=O) groups excluding carboxylic acids is 1. The Bertz CT molecular complexity index is 780. The molecule has 1 aromatic rings. The summed E-state index contributed by atoms with van der Waals surface area (Å²) in [6.07, 6.45) is 18.0. The van der Waals surface area contributed by atoms with Crippen LogP contribution in [-0.4, -0.2) is 39.2 Å². The normalized spacial score (nSPS) is 22.5. The van der Waals surface area contributed by atoms with E-state index >= 15 is 0 Å². The Morgan fingerprint density at radius 2 is 2.15 bits per heavy atom. The number of likely N-dealkylation sites (N-methyl/N-ethyl adjacent to an activating group) is 1. The van der Waals surface area contributed by atoms with E-state index in [1.165, 1.54) is 19.3 Å². The highest BCUT2D eigenvalue weighted by atomic mass is 16.2. The average molecular weight is 367 g/mol. The summed E-state index contributed by atoms with van der Waals surface area (Å²) in [6, 6.07) is 0.399. The third-order valence-corrected chi connectivity index (χ3v) is 5.08. The van der Waals surface area contributed by atoms with Crippen LogP contribution in [0.2, 0.25) is 0 Å². The Labute approximate surface area is 161 Å². The Kier molecular flexibility index (Phi) is 6.27. The fourth-order valence-electron chi connectivity index (χ4n) is 3.63. The number of aliphatic imine (C=N–C) groups is 1. The van der Waals surface area contributed by atoms with Crippen molar-refractivity contribution in [1.29, 1.82) is 0 Å². The van der Waals surface area contributed by atoms with Crippen LogP contribution in [0.4, 0.5) is 0 Å². The van der Waals surface area contributed by atoms with E-state index in [-0.39, 0.29) is 5.91 Å². The zero-order valence-electron chi connectivity index (χ0n) is 16.5. The highest BCUT2D eigenvalue weighted by molar-refractivity contribution is 6.20. The summed E-state index contributed by atoms with van der Waals surface area (Å²) < 4.78 is 1.90. The monoisotopic (exact) mass is 367 g/mol. The Balaban J connectivity index is 2.01. The second kappa shape index (κ2) is 8.84. The summed E-state index contributed by atoms with van der Waals surface area (Å²) in [5.74, 6) is 0.785. The van der Waals surface area contributed by atoms with Gasteiger partial charge in [-0.15, -0.1) is 0 Å². The van der Waals surface area contributed by atoms with Gasteiger partial charge in [-0.3, -0.25) is 9.36 Å². The molecule has 3 rings (SSSR count). The van der Waals surface area contributed by atoms with Gasteiger partial charge in [0.15, 0.2) is 0 Å². The van der Waals surface area contributed by atoms with E-state index in [4.69, 9.17) is 4.99 Å². The highest BCUT2D eigenvalue weighted by Crippen LogP contribution is 2.24. The topological polar surface area (TPSA) is 62.5 Å². The second-order valence-electron chi connectivity index (χ2n) is 7.01. The minimum atomic E-state index is -0.0241. The second-order valence-corrected chi connectivity index (χ2v) is 7.01. The fourth-order valence-corrected chi connectivity index (χ4v) is 3.63. The number of carbonyl (C=O) groups is 1. The average Bonchev–Trinajstić information content (AvgIpc) is 3.21. The maximum atomic E-state index is 12.5. The van der Waals surface area contributed by atoms with Crippen molar-refractivity contribution in [1.82, 2.24) is 19.8 Å². The molecular weight excluding hydrogens is 338 g/mol. The summed E-state index contributed by atoms with van der Waals surface area (Å²) in [7, 11) is 1.79. The predicted molar refractivity (Wildman–Crippen MR) is 109 cm³/mol. The van der Waals surface area contributed by atoms with Crippen molar-refractivity contribution in [2.24, 2.45) is 4.99 Å². The largest absolute Gasteiger partial charge is 0.380 e. The lowest BCUT2D eigenvalue weighted by Crippen LogP contribution is -2.41. The zero-order chi connectivity index (χ0) is 19.2. The summed E-state index contributed by atoms with van der Waals surface area (Å²) in [6.45, 7) is 4.03. The minimum absolute atomic E-state index is 0.0241. The number of nitrogens with zero attached hydrogens (tertiary/aromatic N) is 4. The van der Waals surface area contributed by atoms with Gasteiger partial charge in [0, 0.05) is 31.6 Å². The van der Waals surface area contributed by atoms with Crippen molar-refractivity contribution in [3.05, 3.63) is 48.3 Å². The summed E-state index contributed by atoms with van der Waals surface area (Å²) in [5, 5.41) is 3.61. The molecule has 1 aromatic heterocycles. The quantitative estimate of drug-likeness (QED) is 0.863. The number of hydrogen-bond donors (Lipinski definition) is 1. The van der Waals surface area contributed by atoms with E-state index in [9.17, 15) is 4.79 Å². The fraction of sp³-hybridized carbons (Fsp3) is 0.476. The molecule has 27 heavy (non-hydrogen) atoms. The van der Waals surface area contributed by atoms with E-state index < -0.39 is 0 Å². The van der Waals surface area contributed by atoms with Crippen LogP contribution >= 0.6 is 0 Å². The summed E-state index contributed by atoms with van der Waals surface area (Å²) in [4.78, 5) is 23.2. The number of hydrogen-bond acceptors (Lipinski definition) is 4. The highest BCUT2D eigenvalue weighted by Gasteiger charge is 2.28. The molecule has 0 spiro atoms. The van der Waals surface area contributed by atoms with Gasteiger partial charge in [-0.1, -0.05) is 32.3 Å². The number of aromatic nitrogens is 2. The number of imidazole rings is 1. The third kappa shape index (κ3) is 4.38. The van der Waals surface area contributed by atoms with Crippen molar-refractivity contribution >= 4 is 17.4 Å². The van der Waals surface area contributed by atoms with E-state index in [1.807, 2.05) is 23.8 Å². The summed E-state index contributed by atoms with van der Waals surface area (Å²) >= 11 is 0. The maximum absolute atomic E-state index is 12.5. The molecule has 0 unspecified atom stereocenters. The SMILES string of the molecule is C\C=C1/C(=N\C(=C\CC)n2ccnc2)C(NC2CCCCC2)=CC(=O)N1C. The number of amides is 1. The predicted octanol–water partition coefficient (Wildman–Crippen LogP) is 3.71.